The first-order chi connectivity index (χ1) is 11.7. The molecule has 0 aliphatic heterocycles. The molecular formula is C18H17NO3S2. The van der Waals surface area contributed by atoms with E-state index in [1.807, 2.05) is 12.1 Å². The van der Waals surface area contributed by atoms with Crippen LogP contribution >= 0.6 is 22.7 Å². The van der Waals surface area contributed by atoms with Gasteiger partial charge in [0.15, 0.2) is 6.61 Å². The van der Waals surface area contributed by atoms with Crippen LogP contribution in [0.25, 0.3) is 11.1 Å². The molecule has 0 atom stereocenters. The van der Waals surface area contributed by atoms with Crippen LogP contribution in [0.5, 0.6) is 11.5 Å². The summed E-state index contributed by atoms with van der Waals surface area (Å²) in [5, 5.41) is 9.16. The second-order valence-electron chi connectivity index (χ2n) is 5.06. The van der Waals surface area contributed by atoms with Crippen molar-refractivity contribution in [3.8, 4) is 22.6 Å². The van der Waals surface area contributed by atoms with Crippen LogP contribution in [0.4, 0.5) is 0 Å². The summed E-state index contributed by atoms with van der Waals surface area (Å²) in [7, 11) is 1.59. The van der Waals surface area contributed by atoms with Crippen molar-refractivity contribution in [2.24, 2.45) is 0 Å². The van der Waals surface area contributed by atoms with Gasteiger partial charge in [0.1, 0.15) is 11.5 Å². The van der Waals surface area contributed by atoms with Crippen LogP contribution in [-0.4, -0.2) is 19.6 Å². The lowest BCUT2D eigenvalue weighted by Crippen LogP contribution is -2.28. The van der Waals surface area contributed by atoms with Crippen molar-refractivity contribution in [3.05, 3.63) is 57.4 Å². The van der Waals surface area contributed by atoms with E-state index >= 15 is 0 Å². The fourth-order valence-corrected chi connectivity index (χ4v) is 3.63. The fraction of sp³-hybridized carbons (Fsp3) is 0.167. The highest BCUT2D eigenvalue weighted by atomic mass is 32.1. The van der Waals surface area contributed by atoms with E-state index in [4.69, 9.17) is 9.47 Å². The molecule has 24 heavy (non-hydrogen) atoms. The molecule has 0 saturated carbocycles. The first-order valence-electron chi connectivity index (χ1n) is 7.38. The van der Waals surface area contributed by atoms with Crippen molar-refractivity contribution >= 4 is 28.6 Å². The van der Waals surface area contributed by atoms with Crippen molar-refractivity contribution in [1.29, 1.82) is 0 Å². The zero-order valence-corrected chi connectivity index (χ0v) is 14.8. The van der Waals surface area contributed by atoms with Gasteiger partial charge >= 0.3 is 0 Å². The number of ether oxygens (including phenoxy) is 2. The molecule has 124 valence electrons. The van der Waals surface area contributed by atoms with Crippen LogP contribution < -0.4 is 14.8 Å². The van der Waals surface area contributed by atoms with Crippen LogP contribution in [-0.2, 0) is 11.3 Å². The number of hydrogen-bond acceptors (Lipinski definition) is 5. The van der Waals surface area contributed by atoms with Crippen molar-refractivity contribution in [2.75, 3.05) is 13.7 Å². The summed E-state index contributed by atoms with van der Waals surface area (Å²) in [6.07, 6.45) is 0. The molecule has 0 saturated heterocycles. The highest BCUT2D eigenvalue weighted by Gasteiger charge is 2.06. The molecule has 0 unspecified atom stereocenters. The SMILES string of the molecule is COc1cccc(OCC(=O)NCc2cc(-c3ccsc3)cs2)c1. The fourth-order valence-electron chi connectivity index (χ4n) is 2.13. The number of amides is 1. The Balaban J connectivity index is 1.47. The second kappa shape index (κ2) is 7.99. The van der Waals surface area contributed by atoms with Crippen LogP contribution in [0.1, 0.15) is 4.88 Å². The van der Waals surface area contributed by atoms with Gasteiger partial charge < -0.3 is 14.8 Å². The van der Waals surface area contributed by atoms with Gasteiger partial charge in [-0.15, -0.1) is 11.3 Å². The van der Waals surface area contributed by atoms with E-state index in [2.05, 4.69) is 33.6 Å². The third-order valence-corrected chi connectivity index (χ3v) is 5.00. The molecule has 1 amide bonds. The Morgan fingerprint density at radius 1 is 1.12 bits per heavy atom. The molecule has 0 aliphatic carbocycles. The van der Waals surface area contributed by atoms with Gasteiger partial charge in [-0.3, -0.25) is 4.79 Å². The Labute approximate surface area is 148 Å². The Hall–Kier alpha value is -2.31. The summed E-state index contributed by atoms with van der Waals surface area (Å²) in [6.45, 7) is 0.491. The van der Waals surface area contributed by atoms with Crippen LogP contribution in [0.15, 0.2) is 52.5 Å². The summed E-state index contributed by atoms with van der Waals surface area (Å²) in [5.41, 5.74) is 2.41. The summed E-state index contributed by atoms with van der Waals surface area (Å²) in [4.78, 5) is 13.0. The van der Waals surface area contributed by atoms with E-state index in [0.717, 1.165) is 4.88 Å². The maximum Gasteiger partial charge on any atom is 0.258 e. The molecule has 3 aromatic rings. The zero-order valence-electron chi connectivity index (χ0n) is 13.2. The number of benzene rings is 1. The average molecular weight is 359 g/mol. The molecule has 1 aromatic carbocycles. The number of methoxy groups -OCH3 is 1. The first-order valence-corrected chi connectivity index (χ1v) is 9.20. The summed E-state index contributed by atoms with van der Waals surface area (Å²) in [5.74, 6) is 1.16. The Morgan fingerprint density at radius 3 is 2.79 bits per heavy atom. The van der Waals surface area contributed by atoms with Gasteiger partial charge in [-0.25, -0.2) is 0 Å². The third-order valence-electron chi connectivity index (χ3n) is 3.38. The molecule has 0 bridgehead atoms. The number of rotatable bonds is 7. The average Bonchev–Trinajstić information content (AvgIpc) is 3.29. The van der Waals surface area contributed by atoms with Gasteiger partial charge in [-0.05, 0) is 51.5 Å². The van der Waals surface area contributed by atoms with Gasteiger partial charge in [0.05, 0.1) is 13.7 Å². The Bertz CT molecular complexity index is 796. The Morgan fingerprint density at radius 2 is 2.00 bits per heavy atom. The van der Waals surface area contributed by atoms with Crippen LogP contribution in [0.2, 0.25) is 0 Å². The van der Waals surface area contributed by atoms with Gasteiger partial charge in [0.25, 0.3) is 5.91 Å². The number of carbonyl (C=O) groups excluding carboxylic acids is 1. The normalized spacial score (nSPS) is 10.4. The molecule has 1 N–H and O–H groups in total. The van der Waals surface area contributed by atoms with Crippen molar-refractivity contribution in [2.45, 2.75) is 6.54 Å². The molecule has 4 nitrogen and oxygen atoms in total. The predicted octanol–water partition coefficient (Wildman–Crippen LogP) is 4.18. The molecular weight excluding hydrogens is 342 g/mol. The maximum absolute atomic E-state index is 11.9. The van der Waals surface area contributed by atoms with E-state index < -0.39 is 0 Å². The number of nitrogens with one attached hydrogen (secondary N) is 1. The van der Waals surface area contributed by atoms with Crippen molar-refractivity contribution in [1.82, 2.24) is 5.32 Å². The lowest BCUT2D eigenvalue weighted by molar-refractivity contribution is -0.123. The molecule has 0 fully saturated rings. The maximum atomic E-state index is 11.9. The molecule has 3 rings (SSSR count). The molecule has 6 heteroatoms. The number of carbonyl (C=O) groups is 1. The molecule has 0 aliphatic rings. The third kappa shape index (κ3) is 4.37. The monoisotopic (exact) mass is 359 g/mol. The van der Waals surface area contributed by atoms with E-state index in [9.17, 15) is 4.79 Å². The highest BCUT2D eigenvalue weighted by molar-refractivity contribution is 7.10. The van der Waals surface area contributed by atoms with Crippen molar-refractivity contribution in [3.63, 3.8) is 0 Å². The summed E-state index contributed by atoms with van der Waals surface area (Å²) >= 11 is 3.32. The molecule has 0 radical (unpaired) electrons. The van der Waals surface area contributed by atoms with E-state index in [1.54, 1.807) is 41.9 Å². The lowest BCUT2D eigenvalue weighted by atomic mass is 10.2. The van der Waals surface area contributed by atoms with E-state index in [-0.39, 0.29) is 12.5 Å². The predicted molar refractivity (Wildman–Crippen MR) is 98.0 cm³/mol. The largest absolute Gasteiger partial charge is 0.497 e. The zero-order chi connectivity index (χ0) is 16.8. The minimum Gasteiger partial charge on any atom is -0.497 e. The standard InChI is InChI=1S/C18H17NO3S2/c1-21-15-3-2-4-16(8-15)22-10-18(20)19-9-17-7-14(12-24-17)13-5-6-23-11-13/h2-8,11-12H,9-10H2,1H3,(H,19,20). The number of thiophene rings is 2. The van der Waals surface area contributed by atoms with Crippen molar-refractivity contribution < 1.29 is 14.3 Å². The second-order valence-corrected chi connectivity index (χ2v) is 6.83. The van der Waals surface area contributed by atoms with Gasteiger partial charge in [-0.2, -0.15) is 11.3 Å². The quantitative estimate of drug-likeness (QED) is 0.688. The summed E-state index contributed by atoms with van der Waals surface area (Å²) < 4.78 is 10.6. The first kappa shape index (κ1) is 16.5. The number of hydrogen-bond donors (Lipinski definition) is 1. The van der Waals surface area contributed by atoms with E-state index in [0.29, 0.717) is 18.0 Å². The van der Waals surface area contributed by atoms with Crippen LogP contribution in [0.3, 0.4) is 0 Å². The lowest BCUT2D eigenvalue weighted by Gasteiger charge is -2.08. The minimum absolute atomic E-state index is 0.0179. The highest BCUT2D eigenvalue weighted by Crippen LogP contribution is 2.27. The molecule has 2 heterocycles. The van der Waals surface area contributed by atoms with Gasteiger partial charge in [-0.1, -0.05) is 6.07 Å². The smallest absolute Gasteiger partial charge is 0.258 e. The minimum atomic E-state index is -0.150. The molecule has 0 spiro atoms. The van der Waals surface area contributed by atoms with Gasteiger partial charge in [0, 0.05) is 10.9 Å². The topological polar surface area (TPSA) is 47.6 Å². The summed E-state index contributed by atoms with van der Waals surface area (Å²) in [6, 6.07) is 11.4. The van der Waals surface area contributed by atoms with E-state index in [1.165, 1.54) is 11.1 Å². The van der Waals surface area contributed by atoms with Gasteiger partial charge in [0.2, 0.25) is 0 Å². The molecule has 2 aromatic heterocycles. The Kier molecular flexibility index (Phi) is 5.51. The van der Waals surface area contributed by atoms with Crippen LogP contribution in [0, 0.1) is 0 Å².